The Morgan fingerprint density at radius 2 is 2.21 bits per heavy atom. The van der Waals surface area contributed by atoms with E-state index in [2.05, 4.69) is 5.32 Å². The van der Waals surface area contributed by atoms with E-state index in [9.17, 15) is 4.79 Å². The van der Waals surface area contributed by atoms with E-state index in [0.29, 0.717) is 6.41 Å². The van der Waals surface area contributed by atoms with Crippen molar-refractivity contribution in [1.82, 2.24) is 5.32 Å². The summed E-state index contributed by atoms with van der Waals surface area (Å²) in [6.45, 7) is 0. The summed E-state index contributed by atoms with van der Waals surface area (Å²) in [6, 6.07) is 7.33. The van der Waals surface area contributed by atoms with Crippen molar-refractivity contribution < 1.29 is 14.3 Å². The van der Waals surface area contributed by atoms with Gasteiger partial charge in [-0.25, -0.2) is 0 Å². The van der Waals surface area contributed by atoms with Gasteiger partial charge in [0.15, 0.2) is 6.23 Å². The Bertz CT molecular complexity index is 301. The first kappa shape index (κ1) is 10.5. The van der Waals surface area contributed by atoms with Gasteiger partial charge in [0.05, 0.1) is 7.11 Å². The molecule has 4 heteroatoms. The van der Waals surface area contributed by atoms with Crippen LogP contribution in [0.3, 0.4) is 0 Å². The van der Waals surface area contributed by atoms with E-state index < -0.39 is 6.23 Å². The summed E-state index contributed by atoms with van der Waals surface area (Å²) < 4.78 is 10.1. The number of carbonyl (C=O) groups is 1. The zero-order valence-corrected chi connectivity index (χ0v) is 8.19. The maximum atomic E-state index is 10.3. The van der Waals surface area contributed by atoms with Crippen LogP contribution in [0, 0.1) is 0 Å². The third-order valence-electron chi connectivity index (χ3n) is 1.85. The van der Waals surface area contributed by atoms with Gasteiger partial charge in [-0.1, -0.05) is 12.1 Å². The van der Waals surface area contributed by atoms with Crippen molar-refractivity contribution in [1.29, 1.82) is 0 Å². The predicted molar refractivity (Wildman–Crippen MR) is 51.9 cm³/mol. The summed E-state index contributed by atoms with van der Waals surface area (Å²) in [5.74, 6) is 0.734. The molecule has 0 aromatic heterocycles. The molecule has 0 spiro atoms. The highest BCUT2D eigenvalue weighted by molar-refractivity contribution is 5.47. The molecule has 1 amide bonds. The fourth-order valence-electron chi connectivity index (χ4n) is 1.17. The third kappa shape index (κ3) is 2.47. The molecule has 0 aliphatic carbocycles. The summed E-state index contributed by atoms with van der Waals surface area (Å²) in [6.07, 6.45) is 0.177. The number of methoxy groups -OCH3 is 2. The zero-order chi connectivity index (χ0) is 10.4. The fraction of sp³-hybridized carbons (Fsp3) is 0.300. The van der Waals surface area contributed by atoms with Gasteiger partial charge in [0.1, 0.15) is 5.75 Å². The number of amides is 1. The topological polar surface area (TPSA) is 47.6 Å². The van der Waals surface area contributed by atoms with Crippen LogP contribution in [-0.2, 0) is 9.53 Å². The predicted octanol–water partition coefficient (Wildman–Crippen LogP) is 1.09. The molecule has 0 heterocycles. The molecule has 1 aromatic rings. The largest absolute Gasteiger partial charge is 0.497 e. The maximum absolute atomic E-state index is 10.3. The first-order valence-electron chi connectivity index (χ1n) is 4.18. The van der Waals surface area contributed by atoms with Gasteiger partial charge >= 0.3 is 0 Å². The summed E-state index contributed by atoms with van der Waals surface area (Å²) in [7, 11) is 3.12. The van der Waals surface area contributed by atoms with Crippen LogP contribution in [-0.4, -0.2) is 20.6 Å². The Morgan fingerprint density at radius 3 is 2.79 bits per heavy atom. The van der Waals surface area contributed by atoms with Gasteiger partial charge in [0.2, 0.25) is 6.41 Å². The average Bonchev–Trinajstić information content (AvgIpc) is 2.26. The Kier molecular flexibility index (Phi) is 3.94. The molecule has 1 atom stereocenters. The van der Waals surface area contributed by atoms with Gasteiger partial charge in [0.25, 0.3) is 0 Å². The highest BCUT2D eigenvalue weighted by Crippen LogP contribution is 2.18. The SMILES string of the molecule is COc1cccc(C(NC=O)OC)c1. The minimum Gasteiger partial charge on any atom is -0.497 e. The first-order valence-corrected chi connectivity index (χ1v) is 4.18. The molecule has 0 fully saturated rings. The van der Waals surface area contributed by atoms with Crippen LogP contribution >= 0.6 is 0 Å². The molecule has 4 nitrogen and oxygen atoms in total. The highest BCUT2D eigenvalue weighted by Gasteiger charge is 2.08. The van der Waals surface area contributed by atoms with Crippen molar-refractivity contribution in [2.24, 2.45) is 0 Å². The fourth-order valence-corrected chi connectivity index (χ4v) is 1.17. The number of carbonyl (C=O) groups excluding carboxylic acids is 1. The van der Waals surface area contributed by atoms with E-state index in [-0.39, 0.29) is 0 Å². The van der Waals surface area contributed by atoms with E-state index in [4.69, 9.17) is 9.47 Å². The molecule has 0 aliphatic heterocycles. The van der Waals surface area contributed by atoms with Crippen molar-refractivity contribution in [3.63, 3.8) is 0 Å². The smallest absolute Gasteiger partial charge is 0.209 e. The number of hydrogen-bond donors (Lipinski definition) is 1. The number of rotatable bonds is 5. The maximum Gasteiger partial charge on any atom is 0.209 e. The number of benzene rings is 1. The van der Waals surface area contributed by atoms with Gasteiger partial charge in [-0.2, -0.15) is 0 Å². The highest BCUT2D eigenvalue weighted by atomic mass is 16.5. The van der Waals surface area contributed by atoms with Gasteiger partial charge < -0.3 is 14.8 Å². The first-order chi connectivity index (χ1) is 6.81. The molecule has 0 bridgehead atoms. The van der Waals surface area contributed by atoms with Crippen LogP contribution in [0.2, 0.25) is 0 Å². The molecular formula is C10H13NO3. The number of hydrogen-bond acceptors (Lipinski definition) is 3. The summed E-state index contributed by atoms with van der Waals surface area (Å²) in [4.78, 5) is 10.3. The molecule has 1 aromatic carbocycles. The second-order valence-corrected chi connectivity index (χ2v) is 2.68. The van der Waals surface area contributed by atoms with Crippen LogP contribution in [0.5, 0.6) is 5.75 Å². The van der Waals surface area contributed by atoms with E-state index in [1.807, 2.05) is 24.3 Å². The minimum absolute atomic E-state index is 0.428. The Balaban J connectivity index is 2.85. The standard InChI is InChI=1S/C10H13NO3/c1-13-9-5-3-4-8(6-9)10(14-2)11-7-12/h3-7,10H,1-2H3,(H,11,12). The van der Waals surface area contributed by atoms with Gasteiger partial charge in [-0.3, -0.25) is 4.79 Å². The monoisotopic (exact) mass is 195 g/mol. The Morgan fingerprint density at radius 1 is 1.43 bits per heavy atom. The molecule has 76 valence electrons. The molecule has 0 saturated heterocycles. The van der Waals surface area contributed by atoms with E-state index >= 15 is 0 Å². The molecule has 0 saturated carbocycles. The minimum atomic E-state index is -0.428. The van der Waals surface area contributed by atoms with Crippen LogP contribution in [0.15, 0.2) is 24.3 Å². The lowest BCUT2D eigenvalue weighted by molar-refractivity contribution is -0.113. The Hall–Kier alpha value is -1.55. The molecule has 14 heavy (non-hydrogen) atoms. The summed E-state index contributed by atoms with van der Waals surface area (Å²) in [5, 5.41) is 2.54. The molecule has 1 rings (SSSR count). The van der Waals surface area contributed by atoms with Crippen molar-refractivity contribution in [3.8, 4) is 5.75 Å². The summed E-state index contributed by atoms with van der Waals surface area (Å²) in [5.41, 5.74) is 0.846. The van der Waals surface area contributed by atoms with Crippen LogP contribution in [0.1, 0.15) is 11.8 Å². The van der Waals surface area contributed by atoms with E-state index in [0.717, 1.165) is 11.3 Å². The van der Waals surface area contributed by atoms with Crippen LogP contribution < -0.4 is 10.1 Å². The van der Waals surface area contributed by atoms with Crippen LogP contribution in [0.4, 0.5) is 0 Å². The second-order valence-electron chi connectivity index (χ2n) is 2.68. The van der Waals surface area contributed by atoms with Crippen molar-refractivity contribution in [2.45, 2.75) is 6.23 Å². The van der Waals surface area contributed by atoms with Gasteiger partial charge in [-0.15, -0.1) is 0 Å². The molecule has 0 radical (unpaired) electrons. The normalized spacial score (nSPS) is 11.9. The molecule has 1 N–H and O–H groups in total. The molecule has 1 unspecified atom stereocenters. The molecular weight excluding hydrogens is 182 g/mol. The van der Waals surface area contributed by atoms with Crippen LogP contribution in [0.25, 0.3) is 0 Å². The number of ether oxygens (including phenoxy) is 2. The Labute approximate surface area is 82.8 Å². The van der Waals surface area contributed by atoms with Gasteiger partial charge in [0, 0.05) is 12.7 Å². The lowest BCUT2D eigenvalue weighted by atomic mass is 10.2. The van der Waals surface area contributed by atoms with Crippen molar-refractivity contribution in [2.75, 3.05) is 14.2 Å². The number of nitrogens with one attached hydrogen (secondary N) is 1. The van der Waals surface area contributed by atoms with Crippen molar-refractivity contribution in [3.05, 3.63) is 29.8 Å². The van der Waals surface area contributed by atoms with E-state index in [1.54, 1.807) is 7.11 Å². The lowest BCUT2D eigenvalue weighted by Gasteiger charge is -2.14. The zero-order valence-electron chi connectivity index (χ0n) is 8.19. The summed E-state index contributed by atoms with van der Waals surface area (Å²) >= 11 is 0. The van der Waals surface area contributed by atoms with Gasteiger partial charge in [-0.05, 0) is 12.1 Å². The average molecular weight is 195 g/mol. The second kappa shape index (κ2) is 5.24. The third-order valence-corrected chi connectivity index (χ3v) is 1.85. The van der Waals surface area contributed by atoms with E-state index in [1.165, 1.54) is 7.11 Å². The van der Waals surface area contributed by atoms with Crippen molar-refractivity contribution >= 4 is 6.41 Å². The lowest BCUT2D eigenvalue weighted by Crippen LogP contribution is -2.20. The molecule has 0 aliphatic rings. The quantitative estimate of drug-likeness (QED) is 0.565.